The van der Waals surface area contributed by atoms with Gasteiger partial charge in [0.1, 0.15) is 10.0 Å². The van der Waals surface area contributed by atoms with Crippen LogP contribution in [0.3, 0.4) is 0 Å². The molecule has 0 atom stereocenters. The number of hydrogen-bond donors (Lipinski definition) is 0. The predicted molar refractivity (Wildman–Crippen MR) is 48.3 cm³/mol. The van der Waals surface area contributed by atoms with Crippen molar-refractivity contribution in [3.8, 4) is 11.6 Å². The molecule has 62 valence electrons. The first-order chi connectivity index (χ1) is 5.75. The minimum Gasteiger partial charge on any atom is -0.217 e. The van der Waals surface area contributed by atoms with Gasteiger partial charge in [-0.15, -0.1) is 0 Å². The average molecular weight is 198 g/mol. The van der Waals surface area contributed by atoms with Crippen LogP contribution in [0.1, 0.15) is 10.0 Å². The minimum atomic E-state index is 0.641. The van der Waals surface area contributed by atoms with E-state index >= 15 is 0 Å². The molecule has 0 N–H and O–H groups in total. The molecule has 0 aliphatic carbocycles. The fourth-order valence-corrected chi connectivity index (χ4v) is 1.72. The lowest BCUT2D eigenvalue weighted by molar-refractivity contribution is 1.17. The van der Waals surface area contributed by atoms with Crippen molar-refractivity contribution >= 4 is 23.1 Å². The molecule has 12 heavy (non-hydrogen) atoms. The molecule has 4 nitrogen and oxygen atoms in total. The Hall–Kier alpha value is -0.880. The second kappa shape index (κ2) is 2.87. The lowest BCUT2D eigenvalue weighted by atomic mass is 10.6. The molecule has 0 saturated heterocycles. The Kier molecular flexibility index (Phi) is 1.86. The summed E-state index contributed by atoms with van der Waals surface area (Å²) in [6.45, 7) is 3.83. The van der Waals surface area contributed by atoms with E-state index in [0.29, 0.717) is 11.6 Å². The molecular formula is C6H6N4S2. The Balaban J connectivity index is 2.43. The summed E-state index contributed by atoms with van der Waals surface area (Å²) in [5.41, 5.74) is 0. The number of nitrogens with zero attached hydrogens (tertiary/aromatic N) is 4. The average Bonchev–Trinajstić information content (AvgIpc) is 2.58. The Morgan fingerprint density at radius 3 is 1.50 bits per heavy atom. The summed E-state index contributed by atoms with van der Waals surface area (Å²) in [5, 5.41) is 1.88. The summed E-state index contributed by atoms with van der Waals surface area (Å²) in [6.07, 6.45) is 0. The Morgan fingerprint density at radius 2 is 1.25 bits per heavy atom. The summed E-state index contributed by atoms with van der Waals surface area (Å²) in [7, 11) is 0. The fraction of sp³-hybridized carbons (Fsp3) is 0.333. The quantitative estimate of drug-likeness (QED) is 0.699. The highest BCUT2D eigenvalue weighted by Crippen LogP contribution is 2.15. The molecule has 0 spiro atoms. The molecule has 0 saturated carbocycles. The number of aryl methyl sites for hydroxylation is 2. The second-order valence-electron chi connectivity index (χ2n) is 2.27. The number of hydrogen-bond acceptors (Lipinski definition) is 6. The van der Waals surface area contributed by atoms with Crippen LogP contribution in [0.5, 0.6) is 0 Å². The van der Waals surface area contributed by atoms with Crippen molar-refractivity contribution in [2.45, 2.75) is 13.8 Å². The van der Waals surface area contributed by atoms with Crippen molar-refractivity contribution in [2.75, 3.05) is 0 Å². The summed E-state index contributed by atoms with van der Waals surface area (Å²) in [4.78, 5) is 8.37. The normalized spacial score (nSPS) is 10.5. The van der Waals surface area contributed by atoms with Crippen molar-refractivity contribution < 1.29 is 0 Å². The van der Waals surface area contributed by atoms with Gasteiger partial charge in [0.05, 0.1) is 0 Å². The van der Waals surface area contributed by atoms with E-state index in [9.17, 15) is 0 Å². The summed E-state index contributed by atoms with van der Waals surface area (Å²) in [6, 6.07) is 0. The van der Waals surface area contributed by atoms with Gasteiger partial charge in [0.15, 0.2) is 0 Å². The van der Waals surface area contributed by atoms with E-state index in [4.69, 9.17) is 0 Å². The highest BCUT2D eigenvalue weighted by atomic mass is 32.1. The molecular weight excluding hydrogens is 192 g/mol. The predicted octanol–water partition coefficient (Wildman–Crippen LogP) is 1.67. The molecule has 2 rings (SSSR count). The van der Waals surface area contributed by atoms with Gasteiger partial charge in [0.2, 0.25) is 11.6 Å². The van der Waals surface area contributed by atoms with Gasteiger partial charge in [-0.05, 0) is 36.9 Å². The van der Waals surface area contributed by atoms with E-state index in [1.54, 1.807) is 0 Å². The monoisotopic (exact) mass is 198 g/mol. The zero-order valence-corrected chi connectivity index (χ0v) is 8.24. The fourth-order valence-electron chi connectivity index (χ4n) is 0.780. The van der Waals surface area contributed by atoms with Crippen LogP contribution >= 0.6 is 23.1 Å². The van der Waals surface area contributed by atoms with Crippen LogP contribution in [-0.2, 0) is 0 Å². The molecule has 2 aromatic rings. The Morgan fingerprint density at radius 1 is 0.833 bits per heavy atom. The highest BCUT2D eigenvalue weighted by molar-refractivity contribution is 7.06. The summed E-state index contributed by atoms with van der Waals surface area (Å²) < 4.78 is 8.22. The van der Waals surface area contributed by atoms with Gasteiger partial charge in [0, 0.05) is 0 Å². The van der Waals surface area contributed by atoms with Gasteiger partial charge < -0.3 is 0 Å². The molecule has 0 amide bonds. The van der Waals surface area contributed by atoms with Crippen LogP contribution in [0.25, 0.3) is 11.6 Å². The molecule has 6 heteroatoms. The maximum absolute atomic E-state index is 4.18. The van der Waals surface area contributed by atoms with Crippen LogP contribution in [0.15, 0.2) is 0 Å². The van der Waals surface area contributed by atoms with E-state index in [1.807, 2.05) is 13.8 Å². The van der Waals surface area contributed by atoms with Crippen molar-refractivity contribution in [3.63, 3.8) is 0 Å². The number of rotatable bonds is 1. The van der Waals surface area contributed by atoms with Gasteiger partial charge >= 0.3 is 0 Å². The molecule has 0 fully saturated rings. The van der Waals surface area contributed by atoms with Crippen LogP contribution in [0.2, 0.25) is 0 Å². The molecule has 0 unspecified atom stereocenters. The molecule has 0 aliphatic rings. The summed E-state index contributed by atoms with van der Waals surface area (Å²) >= 11 is 2.74. The van der Waals surface area contributed by atoms with Crippen LogP contribution in [0, 0.1) is 13.8 Å². The highest BCUT2D eigenvalue weighted by Gasteiger charge is 2.08. The molecule has 0 radical (unpaired) electrons. The van der Waals surface area contributed by atoms with Gasteiger partial charge in [-0.25, -0.2) is 9.97 Å². The van der Waals surface area contributed by atoms with Gasteiger partial charge in [-0.2, -0.15) is 8.75 Å². The van der Waals surface area contributed by atoms with E-state index in [2.05, 4.69) is 18.7 Å². The minimum absolute atomic E-state index is 0.641. The molecule has 2 aromatic heterocycles. The van der Waals surface area contributed by atoms with Crippen molar-refractivity contribution in [3.05, 3.63) is 10.0 Å². The van der Waals surface area contributed by atoms with E-state index in [0.717, 1.165) is 10.0 Å². The lowest BCUT2D eigenvalue weighted by Crippen LogP contribution is -1.82. The molecule has 0 aromatic carbocycles. The zero-order valence-electron chi connectivity index (χ0n) is 6.61. The van der Waals surface area contributed by atoms with Gasteiger partial charge in [0.25, 0.3) is 0 Å². The molecule has 2 heterocycles. The second-order valence-corrected chi connectivity index (χ2v) is 4.19. The third kappa shape index (κ3) is 1.35. The molecule has 0 bridgehead atoms. The Bertz CT molecular complexity index is 353. The standard InChI is InChI=1S/C6H6N4S2/c1-3-7-5(9-11-3)6-8-4(2)12-10-6/h1-2H3. The van der Waals surface area contributed by atoms with Crippen LogP contribution < -0.4 is 0 Å². The van der Waals surface area contributed by atoms with Gasteiger partial charge in [-0.3, -0.25) is 0 Å². The number of aromatic nitrogens is 4. The van der Waals surface area contributed by atoms with Crippen molar-refractivity contribution in [1.82, 2.24) is 18.7 Å². The SMILES string of the molecule is Cc1nc(-c2nsc(C)n2)ns1. The lowest BCUT2D eigenvalue weighted by Gasteiger charge is -1.80. The first-order valence-electron chi connectivity index (χ1n) is 3.37. The van der Waals surface area contributed by atoms with Crippen LogP contribution in [-0.4, -0.2) is 18.7 Å². The maximum atomic E-state index is 4.18. The zero-order chi connectivity index (χ0) is 8.55. The molecule has 0 aliphatic heterocycles. The first kappa shape index (κ1) is 7.75. The first-order valence-corrected chi connectivity index (χ1v) is 4.91. The third-order valence-corrected chi connectivity index (χ3v) is 2.49. The summed E-state index contributed by atoms with van der Waals surface area (Å²) in [5.74, 6) is 1.28. The topological polar surface area (TPSA) is 51.6 Å². The van der Waals surface area contributed by atoms with Crippen LogP contribution in [0.4, 0.5) is 0 Å². The van der Waals surface area contributed by atoms with E-state index in [1.165, 1.54) is 23.1 Å². The Labute approximate surface area is 77.7 Å². The van der Waals surface area contributed by atoms with Crippen molar-refractivity contribution in [1.29, 1.82) is 0 Å². The van der Waals surface area contributed by atoms with E-state index < -0.39 is 0 Å². The third-order valence-electron chi connectivity index (χ3n) is 1.26. The van der Waals surface area contributed by atoms with Gasteiger partial charge in [-0.1, -0.05) is 0 Å². The van der Waals surface area contributed by atoms with E-state index in [-0.39, 0.29) is 0 Å². The maximum Gasteiger partial charge on any atom is 0.211 e. The smallest absolute Gasteiger partial charge is 0.211 e. The van der Waals surface area contributed by atoms with Crippen molar-refractivity contribution in [2.24, 2.45) is 0 Å². The largest absolute Gasteiger partial charge is 0.217 e.